The number of esters is 1. The second-order valence-corrected chi connectivity index (χ2v) is 4.98. The predicted molar refractivity (Wildman–Crippen MR) is 78.4 cm³/mol. The number of ether oxygens (including phenoxy) is 3. The highest BCUT2D eigenvalue weighted by Gasteiger charge is 2.23. The van der Waals surface area contributed by atoms with Gasteiger partial charge >= 0.3 is 5.97 Å². The standard InChI is InChI=1S/C17H15FO4/c1-20-17(19)12-4-2-11(3-5-12)13-6-7-15(18)16(8-13)22-10-14-9-21-14/h2-8,14H,9-10H2,1H3/t14-/m1/s1. The molecule has 3 rings (SSSR count). The maximum Gasteiger partial charge on any atom is 0.337 e. The van der Waals surface area contributed by atoms with Crippen molar-refractivity contribution in [2.24, 2.45) is 0 Å². The predicted octanol–water partition coefficient (Wildman–Crippen LogP) is 3.06. The Morgan fingerprint density at radius 2 is 1.91 bits per heavy atom. The van der Waals surface area contributed by atoms with Crippen LogP contribution >= 0.6 is 0 Å². The van der Waals surface area contributed by atoms with Gasteiger partial charge in [0.1, 0.15) is 12.7 Å². The Kier molecular flexibility index (Phi) is 4.06. The molecule has 0 aromatic heterocycles. The number of hydrogen-bond acceptors (Lipinski definition) is 4. The molecule has 1 saturated heterocycles. The van der Waals surface area contributed by atoms with Crippen LogP contribution in [0.15, 0.2) is 42.5 Å². The van der Waals surface area contributed by atoms with Gasteiger partial charge in [-0.05, 0) is 35.4 Å². The Hall–Kier alpha value is -2.40. The van der Waals surface area contributed by atoms with Crippen LogP contribution in [0.4, 0.5) is 4.39 Å². The minimum Gasteiger partial charge on any atom is -0.488 e. The quantitative estimate of drug-likeness (QED) is 0.629. The molecule has 0 amide bonds. The van der Waals surface area contributed by atoms with Gasteiger partial charge in [0.25, 0.3) is 0 Å². The van der Waals surface area contributed by atoms with E-state index in [4.69, 9.17) is 9.47 Å². The number of carbonyl (C=O) groups is 1. The molecule has 1 heterocycles. The summed E-state index contributed by atoms with van der Waals surface area (Å²) in [7, 11) is 1.34. The summed E-state index contributed by atoms with van der Waals surface area (Å²) in [6, 6.07) is 11.6. The van der Waals surface area contributed by atoms with Gasteiger partial charge in [-0.2, -0.15) is 0 Å². The van der Waals surface area contributed by atoms with Crippen LogP contribution in [0.3, 0.4) is 0 Å². The molecule has 5 heteroatoms. The lowest BCUT2D eigenvalue weighted by Crippen LogP contribution is -2.05. The highest BCUT2D eigenvalue weighted by atomic mass is 19.1. The van der Waals surface area contributed by atoms with Crippen LogP contribution < -0.4 is 4.74 Å². The van der Waals surface area contributed by atoms with E-state index >= 15 is 0 Å². The third kappa shape index (κ3) is 3.26. The lowest BCUT2D eigenvalue weighted by atomic mass is 10.0. The Morgan fingerprint density at radius 1 is 1.23 bits per heavy atom. The van der Waals surface area contributed by atoms with Crippen molar-refractivity contribution in [3.63, 3.8) is 0 Å². The van der Waals surface area contributed by atoms with E-state index in [0.29, 0.717) is 18.8 Å². The minimum absolute atomic E-state index is 0.0717. The maximum absolute atomic E-state index is 13.7. The first-order valence-electron chi connectivity index (χ1n) is 6.90. The van der Waals surface area contributed by atoms with Crippen molar-refractivity contribution in [3.8, 4) is 16.9 Å². The summed E-state index contributed by atoms with van der Waals surface area (Å²) in [6.45, 7) is 1.01. The average molecular weight is 302 g/mol. The van der Waals surface area contributed by atoms with Crippen molar-refractivity contribution in [3.05, 3.63) is 53.8 Å². The summed E-state index contributed by atoms with van der Waals surface area (Å²) in [5.41, 5.74) is 2.14. The van der Waals surface area contributed by atoms with E-state index in [2.05, 4.69) is 4.74 Å². The van der Waals surface area contributed by atoms with Crippen LogP contribution in [-0.4, -0.2) is 32.4 Å². The highest BCUT2D eigenvalue weighted by Crippen LogP contribution is 2.27. The molecule has 0 radical (unpaired) electrons. The largest absolute Gasteiger partial charge is 0.488 e. The lowest BCUT2D eigenvalue weighted by Gasteiger charge is -2.09. The van der Waals surface area contributed by atoms with E-state index in [-0.39, 0.29) is 17.8 Å². The number of hydrogen-bond donors (Lipinski definition) is 0. The molecule has 22 heavy (non-hydrogen) atoms. The van der Waals surface area contributed by atoms with Crippen molar-refractivity contribution in [2.75, 3.05) is 20.3 Å². The molecule has 0 aliphatic carbocycles. The lowest BCUT2D eigenvalue weighted by molar-refractivity contribution is 0.0601. The highest BCUT2D eigenvalue weighted by molar-refractivity contribution is 5.90. The van der Waals surface area contributed by atoms with E-state index < -0.39 is 5.82 Å². The van der Waals surface area contributed by atoms with Crippen molar-refractivity contribution in [1.29, 1.82) is 0 Å². The summed E-state index contributed by atoms with van der Waals surface area (Å²) in [5.74, 6) is -0.597. The number of halogens is 1. The first-order chi connectivity index (χ1) is 10.7. The number of benzene rings is 2. The van der Waals surface area contributed by atoms with Gasteiger partial charge in [-0.3, -0.25) is 0 Å². The van der Waals surface area contributed by atoms with Gasteiger partial charge < -0.3 is 14.2 Å². The minimum atomic E-state index is -0.407. The molecule has 2 aromatic carbocycles. The third-order valence-electron chi connectivity index (χ3n) is 3.40. The molecule has 114 valence electrons. The smallest absolute Gasteiger partial charge is 0.337 e. The van der Waals surface area contributed by atoms with E-state index in [1.807, 2.05) is 0 Å². The molecule has 0 bridgehead atoms. The number of epoxide rings is 1. The van der Waals surface area contributed by atoms with Gasteiger partial charge in [-0.1, -0.05) is 18.2 Å². The molecule has 1 aliphatic heterocycles. The normalized spacial score (nSPS) is 16.2. The first kappa shape index (κ1) is 14.5. The zero-order valence-corrected chi connectivity index (χ0v) is 12.0. The second kappa shape index (κ2) is 6.15. The second-order valence-electron chi connectivity index (χ2n) is 4.98. The maximum atomic E-state index is 13.7. The van der Waals surface area contributed by atoms with Crippen molar-refractivity contribution in [2.45, 2.75) is 6.10 Å². The van der Waals surface area contributed by atoms with Gasteiger partial charge in [0.15, 0.2) is 11.6 Å². The molecule has 1 aliphatic rings. The zero-order valence-electron chi connectivity index (χ0n) is 12.0. The van der Waals surface area contributed by atoms with Gasteiger partial charge in [0.05, 0.1) is 19.3 Å². The summed E-state index contributed by atoms with van der Waals surface area (Å²) in [6.07, 6.45) is 0.0717. The fourth-order valence-corrected chi connectivity index (χ4v) is 2.06. The van der Waals surface area contributed by atoms with E-state index in [1.54, 1.807) is 36.4 Å². The molecule has 0 saturated carbocycles. The number of methoxy groups -OCH3 is 1. The monoisotopic (exact) mass is 302 g/mol. The Bertz CT molecular complexity index is 678. The molecule has 0 N–H and O–H groups in total. The zero-order chi connectivity index (χ0) is 15.5. The molecule has 1 fully saturated rings. The van der Waals surface area contributed by atoms with Crippen LogP contribution in [0.5, 0.6) is 5.75 Å². The van der Waals surface area contributed by atoms with Gasteiger partial charge in [-0.15, -0.1) is 0 Å². The first-order valence-corrected chi connectivity index (χ1v) is 6.90. The van der Waals surface area contributed by atoms with Crippen molar-refractivity contribution < 1.29 is 23.4 Å². The topological polar surface area (TPSA) is 48.1 Å². The molecule has 2 aromatic rings. The fourth-order valence-electron chi connectivity index (χ4n) is 2.06. The van der Waals surface area contributed by atoms with Gasteiger partial charge in [0, 0.05) is 0 Å². The van der Waals surface area contributed by atoms with E-state index in [1.165, 1.54) is 13.2 Å². The van der Waals surface area contributed by atoms with Gasteiger partial charge in [0.2, 0.25) is 0 Å². The Balaban J connectivity index is 1.81. The van der Waals surface area contributed by atoms with Crippen LogP contribution in [0.1, 0.15) is 10.4 Å². The Labute approximate surface area is 127 Å². The molecule has 4 nitrogen and oxygen atoms in total. The van der Waals surface area contributed by atoms with E-state index in [0.717, 1.165) is 11.1 Å². The van der Waals surface area contributed by atoms with Crippen LogP contribution in [0.25, 0.3) is 11.1 Å². The van der Waals surface area contributed by atoms with Crippen LogP contribution in [0, 0.1) is 5.82 Å². The van der Waals surface area contributed by atoms with E-state index in [9.17, 15) is 9.18 Å². The molecular formula is C17H15FO4. The van der Waals surface area contributed by atoms with Crippen molar-refractivity contribution in [1.82, 2.24) is 0 Å². The molecular weight excluding hydrogens is 287 g/mol. The van der Waals surface area contributed by atoms with Crippen LogP contribution in [-0.2, 0) is 9.47 Å². The molecule has 0 spiro atoms. The summed E-state index contributed by atoms with van der Waals surface area (Å²) in [4.78, 5) is 11.4. The number of carbonyl (C=O) groups excluding carboxylic acids is 1. The van der Waals surface area contributed by atoms with Crippen molar-refractivity contribution >= 4 is 5.97 Å². The summed E-state index contributed by atoms with van der Waals surface area (Å²) >= 11 is 0. The summed E-state index contributed by atoms with van der Waals surface area (Å²) in [5, 5.41) is 0. The average Bonchev–Trinajstić information content (AvgIpc) is 3.38. The molecule has 1 atom stereocenters. The Morgan fingerprint density at radius 3 is 2.55 bits per heavy atom. The molecule has 0 unspecified atom stereocenters. The summed E-state index contributed by atoms with van der Waals surface area (Å²) < 4.78 is 28.9. The fraction of sp³-hybridized carbons (Fsp3) is 0.235. The van der Waals surface area contributed by atoms with Crippen LogP contribution in [0.2, 0.25) is 0 Å². The van der Waals surface area contributed by atoms with Gasteiger partial charge in [-0.25, -0.2) is 9.18 Å². The SMILES string of the molecule is COC(=O)c1ccc(-c2ccc(F)c(OC[C@H]3CO3)c2)cc1. The third-order valence-corrected chi connectivity index (χ3v) is 3.40. The number of rotatable bonds is 5.